The van der Waals surface area contributed by atoms with Crippen LogP contribution in [-0.4, -0.2) is 18.8 Å². The molecule has 1 heterocycles. The van der Waals surface area contributed by atoms with Crippen molar-refractivity contribution in [3.8, 4) is 5.75 Å². The van der Waals surface area contributed by atoms with Gasteiger partial charge in [0.15, 0.2) is 0 Å². The topological polar surface area (TPSA) is 44.5 Å². The van der Waals surface area contributed by atoms with E-state index < -0.39 is 0 Å². The van der Waals surface area contributed by atoms with Crippen molar-refractivity contribution < 1.29 is 9.47 Å². The van der Waals surface area contributed by atoms with E-state index in [0.717, 1.165) is 22.2 Å². The lowest BCUT2D eigenvalue weighted by Crippen LogP contribution is -2.49. The average Bonchev–Trinajstić information content (AvgIpc) is 2.26. The first-order valence-corrected chi connectivity index (χ1v) is 6.52. The van der Waals surface area contributed by atoms with E-state index >= 15 is 0 Å². The Kier molecular flexibility index (Phi) is 3.48. The third-order valence-corrected chi connectivity index (χ3v) is 4.05. The van der Waals surface area contributed by atoms with Crippen molar-refractivity contribution >= 4 is 15.9 Å². The fourth-order valence-electron chi connectivity index (χ4n) is 2.24. The van der Waals surface area contributed by atoms with E-state index in [1.54, 1.807) is 7.11 Å². The number of benzene rings is 1. The van der Waals surface area contributed by atoms with Crippen molar-refractivity contribution in [3.63, 3.8) is 0 Å². The second-order valence-electron chi connectivity index (χ2n) is 4.79. The van der Waals surface area contributed by atoms with Crippen molar-refractivity contribution in [1.82, 2.24) is 0 Å². The van der Waals surface area contributed by atoms with Crippen LogP contribution in [0.5, 0.6) is 5.75 Å². The van der Waals surface area contributed by atoms with E-state index in [2.05, 4.69) is 15.9 Å². The van der Waals surface area contributed by atoms with Crippen LogP contribution < -0.4 is 10.5 Å². The summed E-state index contributed by atoms with van der Waals surface area (Å²) in [6.45, 7) is 4.06. The Morgan fingerprint density at radius 3 is 2.94 bits per heavy atom. The van der Waals surface area contributed by atoms with Crippen LogP contribution in [-0.2, 0) is 4.74 Å². The smallest absolute Gasteiger partial charge is 0.134 e. The van der Waals surface area contributed by atoms with Crippen LogP contribution in [0.25, 0.3) is 0 Å². The van der Waals surface area contributed by atoms with Crippen LogP contribution in [0.2, 0.25) is 0 Å². The summed E-state index contributed by atoms with van der Waals surface area (Å²) in [5, 5.41) is 0. The Morgan fingerprint density at radius 2 is 2.29 bits per heavy atom. The molecule has 0 amide bonds. The van der Waals surface area contributed by atoms with Gasteiger partial charge in [0.25, 0.3) is 0 Å². The summed E-state index contributed by atoms with van der Waals surface area (Å²) in [6.07, 6.45) is 0.761. The Labute approximate surface area is 110 Å². The molecule has 1 aliphatic heterocycles. The van der Waals surface area contributed by atoms with Crippen molar-refractivity contribution in [3.05, 3.63) is 28.2 Å². The highest BCUT2D eigenvalue weighted by Gasteiger charge is 2.40. The summed E-state index contributed by atoms with van der Waals surface area (Å²) in [6, 6.07) is 5.97. The fraction of sp³-hybridized carbons (Fsp3) is 0.538. The zero-order valence-corrected chi connectivity index (χ0v) is 12.0. The molecule has 3 nitrogen and oxygen atoms in total. The molecule has 0 saturated carbocycles. The van der Waals surface area contributed by atoms with Crippen molar-refractivity contribution in [2.75, 3.05) is 7.11 Å². The third-order valence-electron chi connectivity index (χ3n) is 3.56. The summed E-state index contributed by atoms with van der Waals surface area (Å²) in [5.41, 5.74) is 6.90. The van der Waals surface area contributed by atoms with Gasteiger partial charge in [-0.15, -0.1) is 0 Å². The molecule has 17 heavy (non-hydrogen) atoms. The second-order valence-corrected chi connectivity index (χ2v) is 5.70. The van der Waals surface area contributed by atoms with Crippen LogP contribution in [0.3, 0.4) is 0 Å². The van der Waals surface area contributed by atoms with Crippen molar-refractivity contribution in [2.24, 2.45) is 5.73 Å². The van der Waals surface area contributed by atoms with Crippen LogP contribution >= 0.6 is 15.9 Å². The molecule has 1 aromatic carbocycles. The van der Waals surface area contributed by atoms with E-state index in [-0.39, 0.29) is 17.7 Å². The zero-order valence-electron chi connectivity index (χ0n) is 10.4. The number of rotatable bonds is 2. The van der Waals surface area contributed by atoms with Gasteiger partial charge >= 0.3 is 0 Å². The molecule has 2 unspecified atom stereocenters. The molecular formula is C13H18BrNO2. The number of hydrogen-bond acceptors (Lipinski definition) is 3. The largest absolute Gasteiger partial charge is 0.484 e. The lowest BCUT2D eigenvalue weighted by atomic mass is 9.85. The molecule has 0 saturated heterocycles. The molecule has 1 aromatic rings. The van der Waals surface area contributed by atoms with Gasteiger partial charge in [-0.05, 0) is 26.0 Å². The van der Waals surface area contributed by atoms with Gasteiger partial charge in [-0.25, -0.2) is 0 Å². The maximum absolute atomic E-state index is 6.21. The summed E-state index contributed by atoms with van der Waals surface area (Å²) < 4.78 is 12.5. The standard InChI is InChI=1S/C13H18BrNO2/c1-8(16-3)13(2)7-11(15)10-5-4-9(14)6-12(10)17-13/h4-6,8,11H,7,15H2,1-3H3/t8?,11-,13?/m0/s1. The highest BCUT2D eigenvalue weighted by molar-refractivity contribution is 9.10. The van der Waals surface area contributed by atoms with E-state index in [0.29, 0.717) is 0 Å². The highest BCUT2D eigenvalue weighted by atomic mass is 79.9. The average molecular weight is 300 g/mol. The predicted molar refractivity (Wildman–Crippen MR) is 71.2 cm³/mol. The lowest BCUT2D eigenvalue weighted by molar-refractivity contribution is -0.0707. The van der Waals surface area contributed by atoms with Crippen molar-refractivity contribution in [2.45, 2.75) is 38.0 Å². The van der Waals surface area contributed by atoms with E-state index in [1.165, 1.54) is 0 Å². The van der Waals surface area contributed by atoms with Crippen LogP contribution in [0, 0.1) is 0 Å². The van der Waals surface area contributed by atoms with Crippen LogP contribution in [0.15, 0.2) is 22.7 Å². The first-order valence-electron chi connectivity index (χ1n) is 5.73. The predicted octanol–water partition coefficient (Wildman–Crippen LogP) is 3.03. The monoisotopic (exact) mass is 299 g/mol. The normalized spacial score (nSPS) is 29.4. The van der Waals surface area contributed by atoms with E-state index in [4.69, 9.17) is 15.2 Å². The number of ether oxygens (including phenoxy) is 2. The van der Waals surface area contributed by atoms with Gasteiger partial charge in [0.2, 0.25) is 0 Å². The Morgan fingerprint density at radius 1 is 1.59 bits per heavy atom. The quantitative estimate of drug-likeness (QED) is 0.913. The molecule has 0 radical (unpaired) electrons. The Hall–Kier alpha value is -0.580. The first kappa shape index (κ1) is 12.9. The highest BCUT2D eigenvalue weighted by Crippen LogP contribution is 2.41. The minimum absolute atomic E-state index is 0.000631. The Bertz CT molecular complexity index is 424. The van der Waals surface area contributed by atoms with Gasteiger partial charge < -0.3 is 15.2 Å². The third kappa shape index (κ3) is 2.34. The lowest BCUT2D eigenvalue weighted by Gasteiger charge is -2.41. The molecule has 94 valence electrons. The van der Waals surface area contributed by atoms with Crippen molar-refractivity contribution in [1.29, 1.82) is 0 Å². The molecule has 0 aromatic heterocycles. The molecule has 2 rings (SSSR count). The maximum atomic E-state index is 6.21. The van der Waals surface area contributed by atoms with Gasteiger partial charge in [0.1, 0.15) is 11.4 Å². The molecule has 0 aliphatic carbocycles. The molecule has 3 atom stereocenters. The molecule has 2 N–H and O–H groups in total. The maximum Gasteiger partial charge on any atom is 0.134 e. The number of nitrogens with two attached hydrogens (primary N) is 1. The van der Waals surface area contributed by atoms with E-state index in [9.17, 15) is 0 Å². The molecule has 0 fully saturated rings. The van der Waals surface area contributed by atoms with E-state index in [1.807, 2.05) is 32.0 Å². The zero-order chi connectivity index (χ0) is 12.6. The molecule has 0 spiro atoms. The van der Waals surface area contributed by atoms with Gasteiger partial charge in [-0.3, -0.25) is 0 Å². The fourth-order valence-corrected chi connectivity index (χ4v) is 2.58. The van der Waals surface area contributed by atoms with Gasteiger partial charge in [0, 0.05) is 29.6 Å². The molecule has 4 heteroatoms. The van der Waals surface area contributed by atoms with Gasteiger partial charge in [-0.2, -0.15) is 0 Å². The van der Waals surface area contributed by atoms with Crippen LogP contribution in [0.1, 0.15) is 31.9 Å². The minimum Gasteiger partial charge on any atom is -0.484 e. The summed E-state index contributed by atoms with van der Waals surface area (Å²) in [7, 11) is 1.70. The molecular weight excluding hydrogens is 282 g/mol. The minimum atomic E-state index is -0.373. The summed E-state index contributed by atoms with van der Waals surface area (Å²) in [4.78, 5) is 0. The second kappa shape index (κ2) is 4.59. The van der Waals surface area contributed by atoms with Gasteiger partial charge in [0.05, 0.1) is 6.10 Å². The van der Waals surface area contributed by atoms with Gasteiger partial charge in [-0.1, -0.05) is 22.0 Å². The number of methoxy groups -OCH3 is 1. The summed E-state index contributed by atoms with van der Waals surface area (Å²) in [5.74, 6) is 0.851. The molecule has 1 aliphatic rings. The number of halogens is 1. The SMILES string of the molecule is COC(C)C1(C)C[C@H](N)c2ccc(Br)cc2O1. The number of fused-ring (bicyclic) bond motifs is 1. The Balaban J connectivity index is 2.37. The van der Waals surface area contributed by atoms with Crippen LogP contribution in [0.4, 0.5) is 0 Å². The molecule has 0 bridgehead atoms. The number of hydrogen-bond donors (Lipinski definition) is 1. The first-order chi connectivity index (χ1) is 7.96. The summed E-state index contributed by atoms with van der Waals surface area (Å²) >= 11 is 3.45.